The zero-order valence-corrected chi connectivity index (χ0v) is 18.2. The van der Waals surface area contributed by atoms with Crippen LogP contribution >= 0.6 is 0 Å². The number of nitrogens with zero attached hydrogens (tertiary/aromatic N) is 2. The van der Waals surface area contributed by atoms with Crippen molar-refractivity contribution >= 4 is 32.8 Å². The van der Waals surface area contributed by atoms with Gasteiger partial charge in [0.05, 0.1) is 27.2 Å². The number of sulfone groups is 1. The molecule has 33 heavy (non-hydrogen) atoms. The monoisotopic (exact) mass is 468 g/mol. The molecule has 0 aliphatic rings. The van der Waals surface area contributed by atoms with Crippen molar-refractivity contribution in [1.82, 2.24) is 21.0 Å². The van der Waals surface area contributed by atoms with Crippen molar-refractivity contribution in [3.05, 3.63) is 77.2 Å². The number of amides is 2. The van der Waals surface area contributed by atoms with E-state index in [0.29, 0.717) is 22.3 Å². The number of benzene rings is 2. The fourth-order valence-electron chi connectivity index (χ4n) is 3.15. The van der Waals surface area contributed by atoms with E-state index in [9.17, 15) is 22.4 Å². The molecule has 9 nitrogen and oxygen atoms in total. The lowest BCUT2D eigenvalue weighted by Gasteiger charge is -2.10. The number of pyridine rings is 1. The maximum absolute atomic E-state index is 13.3. The lowest BCUT2D eigenvalue weighted by atomic mass is 10.1. The van der Waals surface area contributed by atoms with E-state index < -0.39 is 27.5 Å². The van der Waals surface area contributed by atoms with Gasteiger partial charge in [0.2, 0.25) is 0 Å². The highest BCUT2D eigenvalue weighted by Crippen LogP contribution is 2.27. The van der Waals surface area contributed by atoms with Gasteiger partial charge in [-0.2, -0.15) is 0 Å². The number of hydrazine groups is 1. The van der Waals surface area contributed by atoms with Gasteiger partial charge in [-0.3, -0.25) is 20.4 Å². The molecule has 0 aliphatic carbocycles. The number of rotatable bonds is 4. The van der Waals surface area contributed by atoms with Crippen LogP contribution in [0.2, 0.25) is 0 Å². The van der Waals surface area contributed by atoms with E-state index >= 15 is 0 Å². The van der Waals surface area contributed by atoms with Crippen LogP contribution in [0.15, 0.2) is 64.0 Å². The molecule has 0 bridgehead atoms. The average molecular weight is 468 g/mol. The lowest BCUT2D eigenvalue weighted by molar-refractivity contribution is 0.0847. The predicted octanol–water partition coefficient (Wildman–Crippen LogP) is 2.82. The zero-order valence-electron chi connectivity index (χ0n) is 17.4. The third-order valence-electron chi connectivity index (χ3n) is 4.84. The van der Waals surface area contributed by atoms with Gasteiger partial charge in [0.25, 0.3) is 17.5 Å². The molecule has 2 N–H and O–H groups in total. The van der Waals surface area contributed by atoms with Crippen molar-refractivity contribution in [2.75, 3.05) is 6.26 Å². The molecule has 0 aliphatic heterocycles. The summed E-state index contributed by atoms with van der Waals surface area (Å²) in [5, 5.41) is 4.21. The van der Waals surface area contributed by atoms with Gasteiger partial charge in [-0.25, -0.2) is 17.8 Å². The van der Waals surface area contributed by atoms with Crippen LogP contribution < -0.4 is 10.9 Å². The van der Waals surface area contributed by atoms with Crippen molar-refractivity contribution in [3.8, 4) is 11.3 Å². The maximum Gasteiger partial charge on any atom is 0.270 e. The van der Waals surface area contributed by atoms with Crippen molar-refractivity contribution in [2.45, 2.75) is 11.8 Å². The van der Waals surface area contributed by atoms with E-state index in [1.54, 1.807) is 6.92 Å². The van der Waals surface area contributed by atoms with Gasteiger partial charge in [0.15, 0.2) is 9.84 Å². The van der Waals surface area contributed by atoms with Gasteiger partial charge in [-0.15, -0.1) is 0 Å². The third-order valence-corrected chi connectivity index (χ3v) is 5.96. The Kier molecular flexibility index (Phi) is 5.64. The number of fused-ring (bicyclic) bond motifs is 1. The normalized spacial score (nSPS) is 11.4. The Bertz CT molecular complexity index is 1480. The molecule has 4 rings (SSSR count). The average Bonchev–Trinajstić information content (AvgIpc) is 3.17. The van der Waals surface area contributed by atoms with E-state index in [2.05, 4.69) is 21.0 Å². The van der Waals surface area contributed by atoms with Crippen LogP contribution in [0.3, 0.4) is 0 Å². The molecule has 168 valence electrons. The van der Waals surface area contributed by atoms with Crippen molar-refractivity contribution in [2.24, 2.45) is 0 Å². The standard InChI is InChI=1S/C22H17FN4O5S/c1-12-19-17(11-18(24-22(19)32-27-12)13-3-7-15(23)8-4-13)21(29)26-25-20(28)14-5-9-16(10-6-14)33(2,30)31/h3-11H,1-2H3,(H,25,28)(H,26,29). The highest BCUT2D eigenvalue weighted by molar-refractivity contribution is 7.90. The van der Waals surface area contributed by atoms with Crippen LogP contribution in [0.5, 0.6) is 0 Å². The van der Waals surface area contributed by atoms with Gasteiger partial charge in [0, 0.05) is 17.4 Å². The van der Waals surface area contributed by atoms with Crippen LogP contribution in [-0.2, 0) is 9.84 Å². The summed E-state index contributed by atoms with van der Waals surface area (Å²) < 4.78 is 41.6. The van der Waals surface area contributed by atoms with Gasteiger partial charge in [-0.1, -0.05) is 5.16 Å². The van der Waals surface area contributed by atoms with Crippen molar-refractivity contribution in [1.29, 1.82) is 0 Å². The first-order valence-corrected chi connectivity index (χ1v) is 11.5. The first-order chi connectivity index (χ1) is 15.6. The van der Waals surface area contributed by atoms with Gasteiger partial charge >= 0.3 is 0 Å². The Hall–Kier alpha value is -4.12. The molecule has 0 atom stereocenters. The second-order valence-electron chi connectivity index (χ2n) is 7.21. The molecule has 11 heteroatoms. The van der Waals surface area contributed by atoms with E-state index in [-0.39, 0.29) is 21.7 Å². The molecular weight excluding hydrogens is 451 g/mol. The maximum atomic E-state index is 13.3. The molecule has 0 saturated heterocycles. The summed E-state index contributed by atoms with van der Waals surface area (Å²) in [7, 11) is -3.40. The van der Waals surface area contributed by atoms with Crippen molar-refractivity contribution < 1.29 is 26.9 Å². The highest BCUT2D eigenvalue weighted by Gasteiger charge is 2.20. The minimum atomic E-state index is -3.40. The Labute approximate surface area is 187 Å². The number of aryl methyl sites for hydroxylation is 1. The Morgan fingerprint density at radius 2 is 1.61 bits per heavy atom. The van der Waals surface area contributed by atoms with E-state index in [4.69, 9.17) is 4.52 Å². The summed E-state index contributed by atoms with van der Waals surface area (Å²) in [4.78, 5) is 29.7. The number of hydrogen-bond acceptors (Lipinski definition) is 7. The summed E-state index contributed by atoms with van der Waals surface area (Å²) >= 11 is 0. The van der Waals surface area contributed by atoms with Crippen LogP contribution in [0, 0.1) is 12.7 Å². The van der Waals surface area contributed by atoms with Crippen LogP contribution in [0.4, 0.5) is 4.39 Å². The van der Waals surface area contributed by atoms with Crippen LogP contribution in [0.1, 0.15) is 26.4 Å². The molecule has 0 saturated carbocycles. The summed E-state index contributed by atoms with van der Waals surface area (Å²) in [5.41, 5.74) is 6.35. The summed E-state index contributed by atoms with van der Waals surface area (Å²) in [5.74, 6) is -1.71. The number of halogens is 1. The molecule has 0 unspecified atom stereocenters. The molecule has 2 heterocycles. The Morgan fingerprint density at radius 3 is 2.24 bits per heavy atom. The third kappa shape index (κ3) is 4.58. The molecule has 2 aromatic heterocycles. The largest absolute Gasteiger partial charge is 0.335 e. The summed E-state index contributed by atoms with van der Waals surface area (Å²) in [6.45, 7) is 1.64. The Morgan fingerprint density at radius 1 is 0.970 bits per heavy atom. The fraction of sp³-hybridized carbons (Fsp3) is 0.0909. The second kappa shape index (κ2) is 8.43. The number of hydrogen-bond donors (Lipinski definition) is 2. The van der Waals surface area contributed by atoms with Gasteiger partial charge < -0.3 is 4.52 Å². The second-order valence-corrected chi connectivity index (χ2v) is 9.23. The molecule has 0 spiro atoms. The number of carbonyl (C=O) groups is 2. The summed E-state index contributed by atoms with van der Waals surface area (Å²) in [6.07, 6.45) is 1.06. The van der Waals surface area contributed by atoms with E-state index in [1.165, 1.54) is 54.6 Å². The van der Waals surface area contributed by atoms with Crippen molar-refractivity contribution in [3.63, 3.8) is 0 Å². The fourth-order valence-corrected chi connectivity index (χ4v) is 3.78. The zero-order chi connectivity index (χ0) is 23.8. The highest BCUT2D eigenvalue weighted by atomic mass is 32.2. The van der Waals surface area contributed by atoms with Gasteiger partial charge in [0.1, 0.15) is 5.82 Å². The molecule has 0 fully saturated rings. The van der Waals surface area contributed by atoms with Crippen LogP contribution in [0.25, 0.3) is 22.4 Å². The minimum absolute atomic E-state index is 0.0681. The molecule has 4 aromatic rings. The number of nitrogens with one attached hydrogen (secondary N) is 2. The number of aromatic nitrogens is 2. The lowest BCUT2D eigenvalue weighted by Crippen LogP contribution is -2.41. The topological polar surface area (TPSA) is 131 Å². The molecule has 0 radical (unpaired) electrons. The molecule has 2 amide bonds. The molecule has 2 aromatic carbocycles. The molecular formula is C22H17FN4O5S. The van der Waals surface area contributed by atoms with E-state index in [0.717, 1.165) is 6.26 Å². The first kappa shape index (κ1) is 22.1. The smallest absolute Gasteiger partial charge is 0.270 e. The first-order valence-electron chi connectivity index (χ1n) is 9.57. The minimum Gasteiger partial charge on any atom is -0.335 e. The Balaban J connectivity index is 1.59. The summed E-state index contributed by atoms with van der Waals surface area (Å²) in [6, 6.07) is 12.3. The number of carbonyl (C=O) groups excluding carboxylic acids is 2. The quantitative estimate of drug-likeness (QED) is 0.440. The van der Waals surface area contributed by atoms with E-state index in [1.807, 2.05) is 0 Å². The predicted molar refractivity (Wildman–Crippen MR) is 116 cm³/mol. The SMILES string of the molecule is Cc1noc2nc(-c3ccc(F)cc3)cc(C(=O)NNC(=O)c3ccc(S(C)(=O)=O)cc3)c12. The van der Waals surface area contributed by atoms with Gasteiger partial charge in [-0.05, 0) is 61.5 Å². The van der Waals surface area contributed by atoms with Crippen LogP contribution in [-0.4, -0.2) is 36.6 Å².